The molecule has 0 unspecified atom stereocenters. The third-order valence-corrected chi connectivity index (χ3v) is 5.23. The Morgan fingerprint density at radius 3 is 2.37 bits per heavy atom. The van der Waals surface area contributed by atoms with Crippen molar-refractivity contribution in [3.8, 4) is 28.4 Å². The minimum atomic E-state index is -1.22. The van der Waals surface area contributed by atoms with Crippen molar-refractivity contribution in [2.75, 3.05) is 14.2 Å². The van der Waals surface area contributed by atoms with E-state index in [1.54, 1.807) is 6.07 Å². The molecule has 140 valence electrons. The number of carbonyl (C=O) groups excluding carboxylic acids is 1. The number of rotatable bonds is 6. The normalized spacial score (nSPS) is 16.6. The highest BCUT2D eigenvalue weighted by atomic mass is 16.6. The van der Waals surface area contributed by atoms with Crippen molar-refractivity contribution in [3.05, 3.63) is 41.5 Å². The maximum absolute atomic E-state index is 11.9. The van der Waals surface area contributed by atoms with Gasteiger partial charge in [0.1, 0.15) is 0 Å². The van der Waals surface area contributed by atoms with Gasteiger partial charge < -0.3 is 19.3 Å². The molecule has 0 atom stereocenters. The lowest BCUT2D eigenvalue weighted by Crippen LogP contribution is -2.29. The van der Waals surface area contributed by atoms with Gasteiger partial charge in [0.15, 0.2) is 17.3 Å². The van der Waals surface area contributed by atoms with Gasteiger partial charge in [-0.25, -0.2) is 4.79 Å². The first kappa shape index (κ1) is 17.4. The van der Waals surface area contributed by atoms with Crippen molar-refractivity contribution in [1.82, 2.24) is 0 Å². The van der Waals surface area contributed by atoms with Crippen molar-refractivity contribution in [2.45, 2.75) is 31.3 Å². The summed E-state index contributed by atoms with van der Waals surface area (Å²) in [6.07, 6.45) is 2.13. The van der Waals surface area contributed by atoms with Gasteiger partial charge in [-0.1, -0.05) is 18.2 Å². The summed E-state index contributed by atoms with van der Waals surface area (Å²) in [5, 5.41) is 9.54. The van der Waals surface area contributed by atoms with Crippen molar-refractivity contribution in [2.24, 2.45) is 0 Å². The Kier molecular flexibility index (Phi) is 4.06. The molecular formula is C21H20O6. The topological polar surface area (TPSA) is 82.1 Å². The van der Waals surface area contributed by atoms with Crippen molar-refractivity contribution < 1.29 is 28.9 Å². The van der Waals surface area contributed by atoms with Crippen molar-refractivity contribution in [1.29, 1.82) is 0 Å². The molecule has 6 nitrogen and oxygen atoms in total. The molecule has 0 heterocycles. The van der Waals surface area contributed by atoms with Crippen LogP contribution in [-0.4, -0.2) is 36.7 Å². The summed E-state index contributed by atoms with van der Waals surface area (Å²) in [5.74, 6) is 0.343. The fourth-order valence-electron chi connectivity index (χ4n) is 3.52. The smallest absolute Gasteiger partial charge is 0.348 e. The minimum absolute atomic E-state index is 0.156. The first-order valence-electron chi connectivity index (χ1n) is 8.83. The molecule has 2 aliphatic rings. The number of ketones is 1. The second kappa shape index (κ2) is 6.30. The van der Waals surface area contributed by atoms with E-state index in [2.05, 4.69) is 0 Å². The summed E-state index contributed by atoms with van der Waals surface area (Å²) in [6, 6.07) is 9.24. The molecule has 0 aliphatic heterocycles. The summed E-state index contributed by atoms with van der Waals surface area (Å²) in [6.45, 7) is 0. The molecule has 2 aromatic carbocycles. The lowest BCUT2D eigenvalue weighted by atomic mass is 9.99. The number of Topliss-reactive ketones (excluding diaryl/α,β-unsaturated/α-hetero) is 1. The predicted octanol–water partition coefficient (Wildman–Crippen LogP) is 3.50. The Hall–Kier alpha value is -3.02. The standard InChI is InChI=1S/C21H20O6/c1-25-17-8-6-15(13-3-5-14-12(11-13)4-7-16(14)22)18(19(17)26-2)27-21(9-10-21)20(23)24/h3,5-6,8,11H,4,7,9-10H2,1-2H3,(H,23,24). The van der Waals surface area contributed by atoms with Crippen LogP contribution in [0.3, 0.4) is 0 Å². The second-order valence-corrected chi connectivity index (χ2v) is 6.87. The number of carbonyl (C=O) groups is 2. The molecule has 0 amide bonds. The number of carboxylic acids is 1. The van der Waals surface area contributed by atoms with Crippen LogP contribution in [0.2, 0.25) is 0 Å². The number of methoxy groups -OCH3 is 2. The first-order chi connectivity index (χ1) is 13.0. The van der Waals surface area contributed by atoms with Gasteiger partial charge >= 0.3 is 5.97 Å². The Morgan fingerprint density at radius 2 is 1.74 bits per heavy atom. The number of fused-ring (bicyclic) bond motifs is 1. The fourth-order valence-corrected chi connectivity index (χ4v) is 3.52. The number of hydrogen-bond donors (Lipinski definition) is 1. The molecule has 1 fully saturated rings. The molecule has 0 radical (unpaired) electrons. The van der Waals surface area contributed by atoms with Crippen LogP contribution in [-0.2, 0) is 11.2 Å². The van der Waals surface area contributed by atoms with Crippen LogP contribution in [0.4, 0.5) is 0 Å². The lowest BCUT2D eigenvalue weighted by Gasteiger charge is -2.21. The molecule has 2 aromatic rings. The largest absolute Gasteiger partial charge is 0.493 e. The van der Waals surface area contributed by atoms with Crippen LogP contribution in [0.15, 0.2) is 30.3 Å². The van der Waals surface area contributed by atoms with Gasteiger partial charge in [-0.05, 0) is 29.7 Å². The Balaban J connectivity index is 1.85. The monoisotopic (exact) mass is 368 g/mol. The van der Waals surface area contributed by atoms with Crippen molar-refractivity contribution in [3.63, 3.8) is 0 Å². The molecule has 0 aromatic heterocycles. The number of hydrogen-bond acceptors (Lipinski definition) is 5. The summed E-state index contributed by atoms with van der Waals surface area (Å²) in [4.78, 5) is 23.6. The summed E-state index contributed by atoms with van der Waals surface area (Å²) in [7, 11) is 3.02. The number of ether oxygens (including phenoxy) is 3. The molecule has 1 saturated carbocycles. The van der Waals surface area contributed by atoms with E-state index in [1.807, 2.05) is 24.3 Å². The second-order valence-electron chi connectivity index (χ2n) is 6.87. The molecule has 0 bridgehead atoms. The third-order valence-electron chi connectivity index (χ3n) is 5.23. The summed E-state index contributed by atoms with van der Waals surface area (Å²) < 4.78 is 16.8. The van der Waals surface area contributed by atoms with E-state index in [0.29, 0.717) is 48.5 Å². The highest BCUT2D eigenvalue weighted by Gasteiger charge is 2.54. The highest BCUT2D eigenvalue weighted by Crippen LogP contribution is 2.50. The highest BCUT2D eigenvalue weighted by molar-refractivity contribution is 6.01. The number of carboxylic acid groups (broad SMARTS) is 1. The van der Waals surface area contributed by atoms with E-state index in [9.17, 15) is 14.7 Å². The van der Waals surface area contributed by atoms with Crippen LogP contribution >= 0.6 is 0 Å². The van der Waals surface area contributed by atoms with Gasteiger partial charge in [0.25, 0.3) is 0 Å². The van der Waals surface area contributed by atoms with Gasteiger partial charge in [0.2, 0.25) is 11.4 Å². The first-order valence-corrected chi connectivity index (χ1v) is 8.83. The Morgan fingerprint density at radius 1 is 1.00 bits per heavy atom. The van der Waals surface area contributed by atoms with Gasteiger partial charge in [-0.3, -0.25) is 4.79 Å². The molecule has 0 spiro atoms. The van der Waals surface area contributed by atoms with Crippen LogP contribution in [0.1, 0.15) is 35.2 Å². The maximum Gasteiger partial charge on any atom is 0.348 e. The molecule has 6 heteroatoms. The van der Waals surface area contributed by atoms with Gasteiger partial charge in [0, 0.05) is 30.4 Å². The van der Waals surface area contributed by atoms with E-state index in [0.717, 1.165) is 16.7 Å². The average Bonchev–Trinajstić information content (AvgIpc) is 3.37. The SMILES string of the molecule is COc1ccc(-c2ccc3c(c2)CCC3=O)c(OC2(C(=O)O)CC2)c1OC. The molecule has 0 saturated heterocycles. The number of benzene rings is 2. The zero-order valence-electron chi connectivity index (χ0n) is 15.2. The molecule has 1 N–H and O–H groups in total. The summed E-state index contributed by atoms with van der Waals surface area (Å²) in [5.41, 5.74) is 2.09. The Bertz CT molecular complexity index is 942. The van der Waals surface area contributed by atoms with E-state index in [-0.39, 0.29) is 5.78 Å². The van der Waals surface area contributed by atoms with Gasteiger partial charge in [-0.2, -0.15) is 0 Å². The molecular weight excluding hydrogens is 348 g/mol. The third kappa shape index (κ3) is 2.81. The average molecular weight is 368 g/mol. The number of aliphatic carboxylic acids is 1. The Labute approximate surface area is 156 Å². The van der Waals surface area contributed by atoms with E-state index >= 15 is 0 Å². The predicted molar refractivity (Wildman–Crippen MR) is 97.9 cm³/mol. The zero-order chi connectivity index (χ0) is 19.2. The summed E-state index contributed by atoms with van der Waals surface area (Å²) >= 11 is 0. The van der Waals surface area contributed by atoms with Crippen molar-refractivity contribution >= 4 is 11.8 Å². The quantitative estimate of drug-likeness (QED) is 0.840. The minimum Gasteiger partial charge on any atom is -0.493 e. The van der Waals surface area contributed by atoms with E-state index < -0.39 is 11.6 Å². The molecule has 4 rings (SSSR count). The zero-order valence-corrected chi connectivity index (χ0v) is 15.2. The van der Waals surface area contributed by atoms with Gasteiger partial charge in [-0.15, -0.1) is 0 Å². The maximum atomic E-state index is 11.9. The van der Waals surface area contributed by atoms with Crippen LogP contribution in [0.5, 0.6) is 17.2 Å². The van der Waals surface area contributed by atoms with E-state index in [1.165, 1.54) is 14.2 Å². The molecule has 27 heavy (non-hydrogen) atoms. The van der Waals surface area contributed by atoms with E-state index in [4.69, 9.17) is 14.2 Å². The van der Waals surface area contributed by atoms with Crippen LogP contribution < -0.4 is 14.2 Å². The molecule has 2 aliphatic carbocycles. The van der Waals surface area contributed by atoms with Crippen LogP contribution in [0.25, 0.3) is 11.1 Å². The number of aryl methyl sites for hydroxylation is 1. The lowest BCUT2D eigenvalue weighted by molar-refractivity contribution is -0.147. The van der Waals surface area contributed by atoms with Gasteiger partial charge in [0.05, 0.1) is 14.2 Å². The van der Waals surface area contributed by atoms with Crippen LogP contribution in [0, 0.1) is 0 Å². The fraction of sp³-hybridized carbons (Fsp3) is 0.333.